The number of phenolic OH excluding ortho intramolecular Hbond substituents is 1. The molecule has 1 heterocycles. The number of thioether (sulfide) groups is 1. The van der Waals surface area contributed by atoms with Crippen LogP contribution in [0.1, 0.15) is 23.9 Å². The Hall–Kier alpha value is -2.41. The van der Waals surface area contributed by atoms with Crippen molar-refractivity contribution in [1.29, 1.82) is 0 Å². The number of hydrogen-bond acceptors (Lipinski definition) is 6. The summed E-state index contributed by atoms with van der Waals surface area (Å²) in [6.07, 6.45) is 1.47. The van der Waals surface area contributed by atoms with E-state index in [1.165, 1.54) is 18.0 Å². The normalized spacial score (nSPS) is 12.3. The molecule has 23 heavy (non-hydrogen) atoms. The SMILES string of the molecule is Cc1cc(C)nc(SC(C)C(=O)N/N=C/c2cccc(O)c2)n1. The Morgan fingerprint density at radius 3 is 2.65 bits per heavy atom. The first kappa shape index (κ1) is 17.0. The molecule has 0 saturated heterocycles. The average Bonchev–Trinajstić information content (AvgIpc) is 2.46. The van der Waals surface area contributed by atoms with Crippen LogP contribution in [0, 0.1) is 13.8 Å². The number of hydrazone groups is 1. The number of amides is 1. The maximum atomic E-state index is 12.0. The maximum Gasteiger partial charge on any atom is 0.253 e. The fraction of sp³-hybridized carbons (Fsp3) is 0.250. The quantitative estimate of drug-likeness (QED) is 0.380. The van der Waals surface area contributed by atoms with E-state index in [1.54, 1.807) is 31.2 Å². The van der Waals surface area contributed by atoms with Crippen molar-refractivity contribution in [2.75, 3.05) is 0 Å². The average molecular weight is 330 g/mol. The summed E-state index contributed by atoms with van der Waals surface area (Å²) in [7, 11) is 0. The molecule has 2 N–H and O–H groups in total. The zero-order valence-corrected chi connectivity index (χ0v) is 14.0. The lowest BCUT2D eigenvalue weighted by atomic mass is 10.2. The zero-order chi connectivity index (χ0) is 16.8. The minimum atomic E-state index is -0.377. The van der Waals surface area contributed by atoms with Crippen LogP contribution in [0.3, 0.4) is 0 Å². The maximum absolute atomic E-state index is 12.0. The highest BCUT2D eigenvalue weighted by Gasteiger charge is 2.15. The first-order valence-corrected chi connectivity index (χ1v) is 7.93. The molecule has 0 bridgehead atoms. The van der Waals surface area contributed by atoms with Crippen LogP contribution in [0.4, 0.5) is 0 Å². The van der Waals surface area contributed by atoms with Gasteiger partial charge in [0, 0.05) is 11.4 Å². The lowest BCUT2D eigenvalue weighted by Gasteiger charge is -2.09. The van der Waals surface area contributed by atoms with Crippen molar-refractivity contribution in [2.45, 2.75) is 31.2 Å². The van der Waals surface area contributed by atoms with E-state index in [9.17, 15) is 9.90 Å². The van der Waals surface area contributed by atoms with Crippen LogP contribution < -0.4 is 5.43 Å². The number of nitrogens with one attached hydrogen (secondary N) is 1. The molecule has 120 valence electrons. The number of carbonyl (C=O) groups is 1. The van der Waals surface area contributed by atoms with Crippen LogP contribution in [-0.4, -0.2) is 32.4 Å². The van der Waals surface area contributed by atoms with Crippen molar-refractivity contribution < 1.29 is 9.90 Å². The Balaban J connectivity index is 1.92. The van der Waals surface area contributed by atoms with E-state index in [0.717, 1.165) is 11.4 Å². The number of benzene rings is 1. The first-order chi connectivity index (χ1) is 10.9. The number of aromatic hydroxyl groups is 1. The van der Waals surface area contributed by atoms with Crippen molar-refractivity contribution >= 4 is 23.9 Å². The van der Waals surface area contributed by atoms with Gasteiger partial charge in [0.1, 0.15) is 5.75 Å². The Bertz CT molecular complexity index is 714. The molecular formula is C16H18N4O2S. The Morgan fingerprint density at radius 2 is 2.00 bits per heavy atom. The van der Waals surface area contributed by atoms with Gasteiger partial charge in [-0.1, -0.05) is 23.9 Å². The Labute approximate surface area is 139 Å². The number of hydrogen-bond donors (Lipinski definition) is 2. The van der Waals surface area contributed by atoms with Crippen LogP contribution in [-0.2, 0) is 4.79 Å². The van der Waals surface area contributed by atoms with E-state index < -0.39 is 0 Å². The van der Waals surface area contributed by atoms with Gasteiger partial charge in [-0.3, -0.25) is 4.79 Å². The number of aromatic nitrogens is 2. The number of nitrogens with zero attached hydrogens (tertiary/aromatic N) is 3. The van der Waals surface area contributed by atoms with Gasteiger partial charge in [-0.05, 0) is 44.5 Å². The molecule has 0 saturated carbocycles. The van der Waals surface area contributed by atoms with Crippen molar-refractivity contribution in [1.82, 2.24) is 15.4 Å². The summed E-state index contributed by atoms with van der Waals surface area (Å²) in [5.74, 6) is -0.0923. The molecule has 1 aromatic heterocycles. The van der Waals surface area contributed by atoms with Gasteiger partial charge in [0.25, 0.3) is 5.91 Å². The van der Waals surface area contributed by atoms with Crippen LogP contribution in [0.25, 0.3) is 0 Å². The molecule has 2 aromatic rings. The summed E-state index contributed by atoms with van der Waals surface area (Å²) < 4.78 is 0. The predicted molar refractivity (Wildman–Crippen MR) is 90.7 cm³/mol. The molecule has 0 radical (unpaired) electrons. The van der Waals surface area contributed by atoms with Gasteiger partial charge in [0.05, 0.1) is 11.5 Å². The second-order valence-corrected chi connectivity index (χ2v) is 6.33. The van der Waals surface area contributed by atoms with Crippen molar-refractivity contribution in [3.8, 4) is 5.75 Å². The van der Waals surface area contributed by atoms with Gasteiger partial charge < -0.3 is 5.11 Å². The summed E-state index contributed by atoms with van der Waals surface area (Å²) >= 11 is 1.28. The van der Waals surface area contributed by atoms with Crippen LogP contribution in [0.5, 0.6) is 5.75 Å². The van der Waals surface area contributed by atoms with Gasteiger partial charge in [0.2, 0.25) is 0 Å². The van der Waals surface area contributed by atoms with Crippen LogP contribution in [0.15, 0.2) is 40.6 Å². The molecule has 1 aromatic carbocycles. The third-order valence-electron chi connectivity index (χ3n) is 2.87. The molecule has 6 nitrogen and oxygen atoms in total. The van der Waals surface area contributed by atoms with Crippen LogP contribution in [0.2, 0.25) is 0 Å². The van der Waals surface area contributed by atoms with Crippen molar-refractivity contribution in [3.63, 3.8) is 0 Å². The van der Waals surface area contributed by atoms with Gasteiger partial charge >= 0.3 is 0 Å². The summed E-state index contributed by atoms with van der Waals surface area (Å²) in [4.78, 5) is 20.6. The van der Waals surface area contributed by atoms with Gasteiger partial charge in [0.15, 0.2) is 5.16 Å². The lowest BCUT2D eigenvalue weighted by molar-refractivity contribution is -0.120. The summed E-state index contributed by atoms with van der Waals surface area (Å²) in [5, 5.41) is 13.4. The molecule has 0 fully saturated rings. The van der Waals surface area contributed by atoms with Gasteiger partial charge in [-0.15, -0.1) is 0 Å². The van der Waals surface area contributed by atoms with E-state index in [-0.39, 0.29) is 16.9 Å². The van der Waals surface area contributed by atoms with Gasteiger partial charge in [-0.2, -0.15) is 5.10 Å². The first-order valence-electron chi connectivity index (χ1n) is 7.05. The Kier molecular flexibility index (Phi) is 5.70. The second kappa shape index (κ2) is 7.73. The highest BCUT2D eigenvalue weighted by Crippen LogP contribution is 2.20. The molecule has 0 aliphatic heterocycles. The number of rotatable bonds is 5. The molecule has 1 amide bonds. The molecule has 1 unspecified atom stereocenters. The zero-order valence-electron chi connectivity index (χ0n) is 13.1. The number of aryl methyl sites for hydroxylation is 2. The summed E-state index contributed by atoms with van der Waals surface area (Å²) in [6.45, 7) is 5.55. The minimum Gasteiger partial charge on any atom is -0.508 e. The monoisotopic (exact) mass is 330 g/mol. The topological polar surface area (TPSA) is 87.5 Å². The molecule has 1 atom stereocenters. The fourth-order valence-corrected chi connectivity index (χ4v) is 2.69. The summed E-state index contributed by atoms with van der Waals surface area (Å²) in [6, 6.07) is 8.48. The molecule has 0 aliphatic carbocycles. The van der Waals surface area contributed by atoms with Crippen LogP contribution >= 0.6 is 11.8 Å². The van der Waals surface area contributed by atoms with E-state index >= 15 is 0 Å². The largest absolute Gasteiger partial charge is 0.508 e. The minimum absolute atomic E-state index is 0.149. The smallest absolute Gasteiger partial charge is 0.253 e. The molecule has 0 aliphatic rings. The fourth-order valence-electron chi connectivity index (χ4n) is 1.82. The van der Waals surface area contributed by atoms with Gasteiger partial charge in [-0.25, -0.2) is 15.4 Å². The van der Waals surface area contributed by atoms with Crippen molar-refractivity contribution in [3.05, 3.63) is 47.3 Å². The standard InChI is InChI=1S/C16H18N4O2S/c1-10-7-11(2)19-16(18-10)23-12(3)15(22)20-17-9-13-5-4-6-14(21)8-13/h4-9,12,21H,1-3H3,(H,20,22)/b17-9+. The lowest BCUT2D eigenvalue weighted by Crippen LogP contribution is -2.27. The predicted octanol–water partition coefficient (Wildman–Crippen LogP) is 2.43. The molecule has 2 rings (SSSR count). The second-order valence-electron chi connectivity index (χ2n) is 5.02. The third-order valence-corrected chi connectivity index (χ3v) is 3.83. The van der Waals surface area contributed by atoms with E-state index in [0.29, 0.717) is 10.7 Å². The highest BCUT2D eigenvalue weighted by atomic mass is 32.2. The molecule has 7 heteroatoms. The number of carbonyl (C=O) groups excluding carboxylic acids is 1. The molecule has 0 spiro atoms. The van der Waals surface area contributed by atoms with E-state index in [4.69, 9.17) is 0 Å². The highest BCUT2D eigenvalue weighted by molar-refractivity contribution is 8.00. The number of phenols is 1. The Morgan fingerprint density at radius 1 is 1.30 bits per heavy atom. The molecular weight excluding hydrogens is 312 g/mol. The van der Waals surface area contributed by atoms with E-state index in [2.05, 4.69) is 20.5 Å². The third kappa shape index (κ3) is 5.37. The van der Waals surface area contributed by atoms with Crippen molar-refractivity contribution in [2.24, 2.45) is 5.10 Å². The summed E-state index contributed by atoms with van der Waals surface area (Å²) in [5.41, 5.74) is 4.91. The van der Waals surface area contributed by atoms with E-state index in [1.807, 2.05) is 19.9 Å².